The van der Waals surface area contributed by atoms with E-state index in [-0.39, 0.29) is 12.3 Å². The van der Waals surface area contributed by atoms with E-state index in [1.54, 1.807) is 12.1 Å². The molecular weight excluding hydrogens is 288 g/mol. The molecule has 22 heavy (non-hydrogen) atoms. The van der Waals surface area contributed by atoms with Crippen molar-refractivity contribution >= 4 is 0 Å². The Morgan fingerprint density at radius 3 is 2.82 bits per heavy atom. The second kappa shape index (κ2) is 5.35. The highest BCUT2D eigenvalue weighted by molar-refractivity contribution is 5.46. The lowest BCUT2D eigenvalue weighted by Gasteiger charge is -1.98. The highest BCUT2D eigenvalue weighted by atomic mass is 16.5. The molecule has 3 heterocycles. The van der Waals surface area contributed by atoms with E-state index < -0.39 is 11.2 Å². The number of hydrogen-bond acceptors (Lipinski definition) is 7. The molecule has 0 saturated carbocycles. The summed E-state index contributed by atoms with van der Waals surface area (Å²) in [5.74, 6) is 0.547. The van der Waals surface area contributed by atoms with E-state index in [4.69, 9.17) is 4.52 Å². The summed E-state index contributed by atoms with van der Waals surface area (Å²) in [6, 6.07) is 3.52. The normalized spacial score (nSPS) is 10.8. The zero-order valence-corrected chi connectivity index (χ0v) is 11.9. The minimum atomic E-state index is -0.477. The smallest absolute Gasteiger partial charge is 0.328 e. The van der Waals surface area contributed by atoms with Gasteiger partial charge in [0, 0.05) is 18.8 Å². The number of H-pyrrole nitrogens is 1. The number of aromatic nitrogens is 6. The summed E-state index contributed by atoms with van der Waals surface area (Å²) >= 11 is 0. The van der Waals surface area contributed by atoms with Gasteiger partial charge in [-0.15, -0.1) is 5.10 Å². The SMILES string of the molecule is Cc1ccc(-c2noc(Cc3c[nH]c(=O)n(C)c3=O)n2)nn1. The Labute approximate surface area is 123 Å². The van der Waals surface area contributed by atoms with Crippen LogP contribution in [0.3, 0.4) is 0 Å². The van der Waals surface area contributed by atoms with Crippen LogP contribution in [0.1, 0.15) is 17.1 Å². The molecule has 0 unspecified atom stereocenters. The summed E-state index contributed by atoms with van der Waals surface area (Å²) in [4.78, 5) is 29.9. The Kier molecular flexibility index (Phi) is 3.37. The van der Waals surface area contributed by atoms with E-state index in [0.29, 0.717) is 17.1 Å². The molecule has 1 N–H and O–H groups in total. The van der Waals surface area contributed by atoms with Crippen molar-refractivity contribution in [3.8, 4) is 11.5 Å². The number of rotatable bonds is 3. The number of hydrogen-bond donors (Lipinski definition) is 1. The Morgan fingerprint density at radius 1 is 1.27 bits per heavy atom. The van der Waals surface area contributed by atoms with Gasteiger partial charge < -0.3 is 9.51 Å². The maximum Gasteiger partial charge on any atom is 0.328 e. The summed E-state index contributed by atoms with van der Waals surface area (Å²) in [6.07, 6.45) is 1.47. The predicted octanol–water partition coefficient (Wildman–Crippen LogP) is -0.187. The lowest BCUT2D eigenvalue weighted by Crippen LogP contribution is -2.34. The molecule has 3 aromatic heterocycles. The van der Waals surface area contributed by atoms with E-state index in [1.165, 1.54) is 13.2 Å². The lowest BCUT2D eigenvalue weighted by molar-refractivity contribution is 0.385. The van der Waals surface area contributed by atoms with Crippen LogP contribution in [-0.4, -0.2) is 29.9 Å². The number of nitrogens with one attached hydrogen (secondary N) is 1. The molecule has 0 aromatic carbocycles. The Hall–Kier alpha value is -3.10. The maximum absolute atomic E-state index is 11.9. The second-order valence-corrected chi connectivity index (χ2v) is 4.73. The molecule has 0 atom stereocenters. The van der Waals surface area contributed by atoms with Gasteiger partial charge in [0.1, 0.15) is 5.69 Å². The van der Waals surface area contributed by atoms with Crippen molar-refractivity contribution in [2.75, 3.05) is 0 Å². The standard InChI is InChI=1S/C13H12N6O3/c1-7-3-4-9(17-16-7)11-15-10(22-18-11)5-8-6-14-13(21)19(2)12(8)20/h3-4,6H,5H2,1-2H3,(H,14,21). The fraction of sp³-hybridized carbons (Fsp3) is 0.231. The van der Waals surface area contributed by atoms with E-state index in [2.05, 4.69) is 25.3 Å². The maximum atomic E-state index is 11.9. The van der Waals surface area contributed by atoms with Gasteiger partial charge in [0.2, 0.25) is 11.7 Å². The van der Waals surface area contributed by atoms with Crippen LogP contribution < -0.4 is 11.2 Å². The van der Waals surface area contributed by atoms with Gasteiger partial charge in [-0.1, -0.05) is 5.16 Å². The highest BCUT2D eigenvalue weighted by Gasteiger charge is 2.13. The Morgan fingerprint density at radius 2 is 2.09 bits per heavy atom. The monoisotopic (exact) mass is 300 g/mol. The first kappa shape index (κ1) is 13.9. The van der Waals surface area contributed by atoms with Crippen molar-refractivity contribution in [2.45, 2.75) is 13.3 Å². The summed E-state index contributed by atoms with van der Waals surface area (Å²) < 4.78 is 6.09. The molecule has 0 fully saturated rings. The van der Waals surface area contributed by atoms with Crippen LogP contribution in [0.25, 0.3) is 11.5 Å². The summed E-state index contributed by atoms with van der Waals surface area (Å²) in [7, 11) is 1.39. The summed E-state index contributed by atoms with van der Waals surface area (Å²) in [6.45, 7) is 1.82. The molecule has 0 radical (unpaired) electrons. The van der Waals surface area contributed by atoms with Gasteiger partial charge in [-0.2, -0.15) is 10.1 Å². The quantitative estimate of drug-likeness (QED) is 0.712. The molecule has 0 bridgehead atoms. The van der Waals surface area contributed by atoms with Crippen molar-refractivity contribution in [3.05, 3.63) is 56.3 Å². The zero-order chi connectivity index (χ0) is 15.7. The fourth-order valence-electron chi connectivity index (χ4n) is 1.85. The molecule has 0 amide bonds. The molecule has 0 saturated heterocycles. The van der Waals surface area contributed by atoms with Crippen LogP contribution in [0, 0.1) is 6.92 Å². The van der Waals surface area contributed by atoms with Crippen molar-refractivity contribution in [3.63, 3.8) is 0 Å². The molecule has 3 rings (SSSR count). The van der Waals surface area contributed by atoms with E-state index >= 15 is 0 Å². The average molecular weight is 300 g/mol. The van der Waals surface area contributed by atoms with Gasteiger partial charge in [0.05, 0.1) is 12.1 Å². The predicted molar refractivity (Wildman–Crippen MR) is 75.2 cm³/mol. The molecule has 9 heteroatoms. The van der Waals surface area contributed by atoms with Crippen LogP contribution >= 0.6 is 0 Å². The van der Waals surface area contributed by atoms with Crippen molar-refractivity contribution < 1.29 is 4.52 Å². The number of aromatic amines is 1. The van der Waals surface area contributed by atoms with Crippen LogP contribution in [0.15, 0.2) is 32.4 Å². The molecule has 0 spiro atoms. The first-order valence-electron chi connectivity index (χ1n) is 6.45. The van der Waals surface area contributed by atoms with Gasteiger partial charge in [0.15, 0.2) is 0 Å². The van der Waals surface area contributed by atoms with Crippen molar-refractivity contribution in [1.29, 1.82) is 0 Å². The van der Waals surface area contributed by atoms with E-state index in [9.17, 15) is 9.59 Å². The molecule has 3 aromatic rings. The molecule has 0 aliphatic rings. The highest BCUT2D eigenvalue weighted by Crippen LogP contribution is 2.13. The Balaban J connectivity index is 1.89. The topological polar surface area (TPSA) is 120 Å². The largest absolute Gasteiger partial charge is 0.339 e. The second-order valence-electron chi connectivity index (χ2n) is 4.73. The zero-order valence-electron chi connectivity index (χ0n) is 11.9. The van der Waals surface area contributed by atoms with Gasteiger partial charge in [-0.05, 0) is 19.1 Å². The molecular formula is C13H12N6O3. The molecule has 0 aliphatic heterocycles. The average Bonchev–Trinajstić information content (AvgIpc) is 2.97. The van der Waals surface area contributed by atoms with Gasteiger partial charge in [-0.25, -0.2) is 4.79 Å². The minimum absolute atomic E-state index is 0.121. The summed E-state index contributed by atoms with van der Waals surface area (Å²) in [5, 5.41) is 11.7. The first-order valence-corrected chi connectivity index (χ1v) is 6.45. The van der Waals surface area contributed by atoms with E-state index in [0.717, 1.165) is 10.3 Å². The fourth-order valence-corrected chi connectivity index (χ4v) is 1.85. The van der Waals surface area contributed by atoms with Crippen LogP contribution in [-0.2, 0) is 13.5 Å². The van der Waals surface area contributed by atoms with E-state index in [1.807, 2.05) is 6.92 Å². The van der Waals surface area contributed by atoms with Gasteiger partial charge in [-0.3, -0.25) is 9.36 Å². The van der Waals surface area contributed by atoms with Crippen LogP contribution in [0.2, 0.25) is 0 Å². The molecule has 112 valence electrons. The molecule has 0 aliphatic carbocycles. The number of aryl methyl sites for hydroxylation is 1. The third-order valence-corrected chi connectivity index (χ3v) is 3.09. The van der Waals surface area contributed by atoms with Crippen LogP contribution in [0.4, 0.5) is 0 Å². The first-order chi connectivity index (χ1) is 10.5. The van der Waals surface area contributed by atoms with Crippen molar-refractivity contribution in [2.24, 2.45) is 7.05 Å². The lowest BCUT2D eigenvalue weighted by atomic mass is 10.2. The molecule has 9 nitrogen and oxygen atoms in total. The van der Waals surface area contributed by atoms with Crippen molar-refractivity contribution in [1.82, 2.24) is 29.9 Å². The summed E-state index contributed by atoms with van der Waals surface area (Å²) in [5.41, 5.74) is 0.736. The van der Waals surface area contributed by atoms with Gasteiger partial charge in [0.25, 0.3) is 5.56 Å². The number of nitrogens with zero attached hydrogens (tertiary/aromatic N) is 5. The minimum Gasteiger partial charge on any atom is -0.339 e. The third-order valence-electron chi connectivity index (χ3n) is 3.09. The van der Waals surface area contributed by atoms with Crippen LogP contribution in [0.5, 0.6) is 0 Å². The third kappa shape index (κ3) is 2.55. The van der Waals surface area contributed by atoms with Gasteiger partial charge >= 0.3 is 5.69 Å². The Bertz CT molecular complexity index is 922.